The smallest absolute Gasteiger partial charge is 0.266 e. The van der Waals surface area contributed by atoms with Crippen LogP contribution in [0.3, 0.4) is 0 Å². The van der Waals surface area contributed by atoms with Gasteiger partial charge in [0.2, 0.25) is 0 Å². The van der Waals surface area contributed by atoms with Crippen molar-refractivity contribution in [2.24, 2.45) is 5.92 Å². The first kappa shape index (κ1) is 13.8. The summed E-state index contributed by atoms with van der Waals surface area (Å²) in [6, 6.07) is 2.03. The molecular weight excluding hydrogens is 258 g/mol. The maximum absolute atomic E-state index is 12.5. The second-order valence-electron chi connectivity index (χ2n) is 5.12. The summed E-state index contributed by atoms with van der Waals surface area (Å²) in [5.74, 6) is 0.395. The van der Waals surface area contributed by atoms with Crippen LogP contribution < -0.4 is 5.73 Å². The number of hydrogen-bond acceptors (Lipinski definition) is 4. The summed E-state index contributed by atoms with van der Waals surface area (Å²) in [4.78, 5) is 19.0. The number of nitrogens with zero attached hydrogens (tertiary/aromatic N) is 2. The quantitative estimate of drug-likeness (QED) is 0.938. The first-order valence-electron chi connectivity index (χ1n) is 6.32. The van der Waals surface area contributed by atoms with Crippen molar-refractivity contribution in [3.05, 3.63) is 23.3 Å². The van der Waals surface area contributed by atoms with Gasteiger partial charge in [0.25, 0.3) is 5.91 Å². The van der Waals surface area contributed by atoms with E-state index in [-0.39, 0.29) is 11.9 Å². The van der Waals surface area contributed by atoms with Crippen molar-refractivity contribution in [1.29, 1.82) is 0 Å². The second kappa shape index (κ2) is 5.17. The summed E-state index contributed by atoms with van der Waals surface area (Å²) in [5.41, 5.74) is 6.65. The monoisotopic (exact) mass is 277 g/mol. The Morgan fingerprint density at radius 1 is 1.42 bits per heavy atom. The van der Waals surface area contributed by atoms with E-state index in [9.17, 15) is 4.79 Å². The number of hydrogen-bond donors (Lipinski definition) is 1. The van der Waals surface area contributed by atoms with Crippen molar-refractivity contribution < 1.29 is 4.79 Å². The minimum Gasteiger partial charge on any atom is -0.397 e. The van der Waals surface area contributed by atoms with Crippen LogP contribution in [0.15, 0.2) is 18.5 Å². The SMILES string of the molecule is CC(C)C(C)N(C)C(=O)c1sc2cnccc2c1N. The van der Waals surface area contributed by atoms with Gasteiger partial charge in [-0.3, -0.25) is 9.78 Å². The van der Waals surface area contributed by atoms with E-state index >= 15 is 0 Å². The van der Waals surface area contributed by atoms with Crippen LogP contribution in [0.2, 0.25) is 0 Å². The molecule has 1 amide bonds. The van der Waals surface area contributed by atoms with Crippen molar-refractivity contribution in [1.82, 2.24) is 9.88 Å². The molecule has 19 heavy (non-hydrogen) atoms. The molecular formula is C14H19N3OS. The van der Waals surface area contributed by atoms with Crippen LogP contribution in [-0.4, -0.2) is 28.9 Å². The number of rotatable bonds is 3. The number of fused-ring (bicyclic) bond motifs is 1. The third kappa shape index (κ3) is 2.42. The highest BCUT2D eigenvalue weighted by Gasteiger charge is 2.24. The average Bonchev–Trinajstić information content (AvgIpc) is 2.74. The van der Waals surface area contributed by atoms with E-state index < -0.39 is 0 Å². The molecule has 2 rings (SSSR count). The van der Waals surface area contributed by atoms with Crippen molar-refractivity contribution in [3.8, 4) is 0 Å². The van der Waals surface area contributed by atoms with Crippen molar-refractivity contribution in [3.63, 3.8) is 0 Å². The van der Waals surface area contributed by atoms with Gasteiger partial charge in [0.05, 0.1) is 10.4 Å². The van der Waals surface area contributed by atoms with Crippen LogP contribution in [0.1, 0.15) is 30.4 Å². The number of nitrogens with two attached hydrogens (primary N) is 1. The van der Waals surface area contributed by atoms with Gasteiger partial charge in [0.15, 0.2) is 0 Å². The number of carbonyl (C=O) groups is 1. The molecule has 0 saturated heterocycles. The molecule has 2 aromatic heterocycles. The molecule has 0 saturated carbocycles. The Kier molecular flexibility index (Phi) is 3.75. The fourth-order valence-electron chi connectivity index (χ4n) is 1.92. The van der Waals surface area contributed by atoms with E-state index in [2.05, 4.69) is 18.8 Å². The fraction of sp³-hybridized carbons (Fsp3) is 0.429. The van der Waals surface area contributed by atoms with E-state index in [1.54, 1.807) is 17.3 Å². The first-order valence-corrected chi connectivity index (χ1v) is 7.14. The highest BCUT2D eigenvalue weighted by Crippen LogP contribution is 2.34. The molecule has 1 unspecified atom stereocenters. The Balaban J connectivity index is 2.39. The molecule has 0 aliphatic rings. The molecule has 2 aromatic rings. The molecule has 0 bridgehead atoms. The number of aromatic nitrogens is 1. The van der Waals surface area contributed by atoms with Crippen LogP contribution >= 0.6 is 11.3 Å². The van der Waals surface area contributed by atoms with E-state index in [1.165, 1.54) is 11.3 Å². The van der Waals surface area contributed by atoms with Gasteiger partial charge in [-0.25, -0.2) is 0 Å². The predicted octanol–water partition coefficient (Wildman–Crippen LogP) is 3.00. The lowest BCUT2D eigenvalue weighted by molar-refractivity contribution is 0.0713. The molecule has 4 nitrogen and oxygen atoms in total. The number of nitrogen functional groups attached to an aromatic ring is 1. The molecule has 0 spiro atoms. The minimum atomic E-state index is -0.0140. The third-order valence-corrected chi connectivity index (χ3v) is 4.77. The van der Waals surface area contributed by atoms with Gasteiger partial charge in [-0.15, -0.1) is 11.3 Å². The van der Waals surface area contributed by atoms with Gasteiger partial charge in [0.1, 0.15) is 4.88 Å². The van der Waals surface area contributed by atoms with E-state index in [4.69, 9.17) is 5.73 Å². The number of thiophene rings is 1. The average molecular weight is 277 g/mol. The minimum absolute atomic E-state index is 0.0140. The van der Waals surface area contributed by atoms with Crippen LogP contribution in [0.4, 0.5) is 5.69 Å². The van der Waals surface area contributed by atoms with Crippen molar-refractivity contribution in [2.75, 3.05) is 12.8 Å². The summed E-state index contributed by atoms with van der Waals surface area (Å²) >= 11 is 1.41. The lowest BCUT2D eigenvalue weighted by Crippen LogP contribution is -2.38. The van der Waals surface area contributed by atoms with Gasteiger partial charge in [-0.2, -0.15) is 0 Å². The fourth-order valence-corrected chi connectivity index (χ4v) is 2.99. The number of amides is 1. The Hall–Kier alpha value is -1.62. The summed E-state index contributed by atoms with van der Waals surface area (Å²) in [5, 5.41) is 0.911. The van der Waals surface area contributed by atoms with Crippen molar-refractivity contribution in [2.45, 2.75) is 26.8 Å². The zero-order valence-corrected chi connectivity index (χ0v) is 12.5. The highest BCUT2D eigenvalue weighted by molar-refractivity contribution is 7.21. The molecule has 0 aliphatic carbocycles. The highest BCUT2D eigenvalue weighted by atomic mass is 32.1. The lowest BCUT2D eigenvalue weighted by Gasteiger charge is -2.27. The molecule has 102 valence electrons. The maximum Gasteiger partial charge on any atom is 0.266 e. The lowest BCUT2D eigenvalue weighted by atomic mass is 10.1. The molecule has 1 atom stereocenters. The van der Waals surface area contributed by atoms with Gasteiger partial charge in [-0.1, -0.05) is 13.8 Å². The summed E-state index contributed by atoms with van der Waals surface area (Å²) < 4.78 is 0.953. The van der Waals surface area contributed by atoms with E-state index in [0.717, 1.165) is 10.1 Å². The van der Waals surface area contributed by atoms with Gasteiger partial charge >= 0.3 is 0 Å². The topological polar surface area (TPSA) is 59.2 Å². The molecule has 2 heterocycles. The van der Waals surface area contributed by atoms with Crippen LogP contribution in [0.5, 0.6) is 0 Å². The van der Waals surface area contributed by atoms with E-state index in [1.807, 2.05) is 20.0 Å². The number of carbonyl (C=O) groups excluding carboxylic acids is 1. The summed E-state index contributed by atoms with van der Waals surface area (Å²) in [7, 11) is 1.83. The Morgan fingerprint density at radius 2 is 2.11 bits per heavy atom. The van der Waals surface area contributed by atoms with Crippen LogP contribution in [0.25, 0.3) is 10.1 Å². The first-order chi connectivity index (χ1) is 8.93. The Morgan fingerprint density at radius 3 is 2.68 bits per heavy atom. The third-order valence-electron chi connectivity index (χ3n) is 3.62. The zero-order chi connectivity index (χ0) is 14.2. The maximum atomic E-state index is 12.5. The number of pyridine rings is 1. The Labute approximate surface area is 117 Å². The van der Waals surface area contributed by atoms with Gasteiger partial charge < -0.3 is 10.6 Å². The van der Waals surface area contributed by atoms with Crippen LogP contribution in [-0.2, 0) is 0 Å². The van der Waals surface area contributed by atoms with Crippen molar-refractivity contribution >= 4 is 33.0 Å². The number of anilines is 1. The standard InChI is InChI=1S/C14H19N3OS/c1-8(2)9(3)17(4)14(18)13-12(15)10-5-6-16-7-11(10)19-13/h5-9H,15H2,1-4H3. The normalized spacial score (nSPS) is 12.9. The van der Waals surface area contributed by atoms with Gasteiger partial charge in [-0.05, 0) is 18.9 Å². The largest absolute Gasteiger partial charge is 0.397 e. The Bertz CT molecular complexity index is 606. The summed E-state index contributed by atoms with van der Waals surface area (Å²) in [6.07, 6.45) is 3.44. The summed E-state index contributed by atoms with van der Waals surface area (Å²) in [6.45, 7) is 6.26. The van der Waals surface area contributed by atoms with Gasteiger partial charge in [0, 0.05) is 30.9 Å². The zero-order valence-electron chi connectivity index (χ0n) is 11.7. The second-order valence-corrected chi connectivity index (χ2v) is 6.17. The van der Waals surface area contributed by atoms with E-state index in [0.29, 0.717) is 16.5 Å². The van der Waals surface area contributed by atoms with Crippen LogP contribution in [0, 0.1) is 5.92 Å². The molecule has 0 aromatic carbocycles. The molecule has 2 N–H and O–H groups in total. The predicted molar refractivity (Wildman–Crippen MR) is 80.4 cm³/mol. The molecule has 0 fully saturated rings. The molecule has 0 aliphatic heterocycles. The molecule has 0 radical (unpaired) electrons. The molecule has 5 heteroatoms.